The van der Waals surface area contributed by atoms with Gasteiger partial charge in [0.2, 0.25) is 0 Å². The summed E-state index contributed by atoms with van der Waals surface area (Å²) in [5, 5.41) is 8.84. The number of anilines is 1. The third-order valence-corrected chi connectivity index (χ3v) is 4.68. The van der Waals surface area contributed by atoms with E-state index in [2.05, 4.69) is 5.32 Å². The van der Waals surface area contributed by atoms with Crippen molar-refractivity contribution in [3.05, 3.63) is 75.7 Å². The van der Waals surface area contributed by atoms with Crippen LogP contribution in [0.25, 0.3) is 5.69 Å². The monoisotopic (exact) mass is 341 g/mol. The molecule has 4 rings (SSSR count). The van der Waals surface area contributed by atoms with E-state index in [1.165, 1.54) is 6.07 Å². The minimum Gasteiger partial charge on any atom is -0.369 e. The van der Waals surface area contributed by atoms with Gasteiger partial charge in [-0.3, -0.25) is 0 Å². The Morgan fingerprint density at radius 3 is 2.92 bits per heavy atom. The number of hydrogen-bond acceptors (Lipinski definition) is 2. The number of benzene rings is 2. The summed E-state index contributed by atoms with van der Waals surface area (Å²) in [6.07, 6.45) is 1.39. The van der Waals surface area contributed by atoms with Crippen molar-refractivity contribution in [1.29, 1.82) is 0 Å². The van der Waals surface area contributed by atoms with Gasteiger partial charge in [0, 0.05) is 23.6 Å². The zero-order valence-electron chi connectivity index (χ0n) is 13.3. The van der Waals surface area contributed by atoms with Crippen LogP contribution in [0.3, 0.4) is 0 Å². The summed E-state index contributed by atoms with van der Waals surface area (Å²) in [6.45, 7) is 2.91. The van der Waals surface area contributed by atoms with Gasteiger partial charge in [-0.05, 0) is 42.7 Å². The standard InChI is InChI=1S/C19H17ClFN3/c1-12-6-7-14(20)11-18(12)24-19-15(8-9-22-19)17(23-24)10-13-4-2-3-5-16(13)21/h2-7,11,22H,8-10H2,1H3. The van der Waals surface area contributed by atoms with Crippen LogP contribution < -0.4 is 5.32 Å². The van der Waals surface area contributed by atoms with Crippen molar-refractivity contribution in [2.24, 2.45) is 0 Å². The summed E-state index contributed by atoms with van der Waals surface area (Å²) < 4.78 is 15.9. The van der Waals surface area contributed by atoms with Crippen LogP contribution in [0.15, 0.2) is 42.5 Å². The van der Waals surface area contributed by atoms with Crippen molar-refractivity contribution in [1.82, 2.24) is 9.78 Å². The third kappa shape index (κ3) is 2.57. The highest BCUT2D eigenvalue weighted by Gasteiger charge is 2.24. The molecule has 1 aliphatic heterocycles. The van der Waals surface area contributed by atoms with Crippen molar-refractivity contribution in [3.8, 4) is 5.69 Å². The Bertz CT molecular complexity index is 917. The van der Waals surface area contributed by atoms with Gasteiger partial charge in [-0.25, -0.2) is 9.07 Å². The lowest BCUT2D eigenvalue weighted by molar-refractivity contribution is 0.612. The summed E-state index contributed by atoms with van der Waals surface area (Å²) in [7, 11) is 0. The molecule has 3 nitrogen and oxygen atoms in total. The molecule has 0 atom stereocenters. The number of rotatable bonds is 3. The predicted molar refractivity (Wildman–Crippen MR) is 94.7 cm³/mol. The molecule has 1 N–H and O–H groups in total. The van der Waals surface area contributed by atoms with Gasteiger partial charge in [-0.2, -0.15) is 5.10 Å². The molecule has 0 fully saturated rings. The van der Waals surface area contributed by atoms with E-state index in [4.69, 9.17) is 16.7 Å². The summed E-state index contributed by atoms with van der Waals surface area (Å²) in [4.78, 5) is 0. The summed E-state index contributed by atoms with van der Waals surface area (Å²) in [6, 6.07) is 12.6. The van der Waals surface area contributed by atoms with Gasteiger partial charge < -0.3 is 5.32 Å². The number of hydrogen-bond donors (Lipinski definition) is 1. The van der Waals surface area contributed by atoms with Crippen molar-refractivity contribution >= 4 is 17.4 Å². The average molecular weight is 342 g/mol. The van der Waals surface area contributed by atoms with E-state index in [9.17, 15) is 4.39 Å². The number of nitrogens with zero attached hydrogens (tertiary/aromatic N) is 2. The van der Waals surface area contributed by atoms with E-state index >= 15 is 0 Å². The first-order chi connectivity index (χ1) is 11.6. The average Bonchev–Trinajstić information content (AvgIpc) is 3.16. The number of aromatic nitrogens is 2. The second-order valence-electron chi connectivity index (χ2n) is 6.06. The number of halogens is 2. The van der Waals surface area contributed by atoms with Crippen LogP contribution in [0.2, 0.25) is 5.02 Å². The smallest absolute Gasteiger partial charge is 0.133 e. The molecule has 0 amide bonds. The van der Waals surface area contributed by atoms with E-state index in [0.717, 1.165) is 41.3 Å². The summed E-state index contributed by atoms with van der Waals surface area (Å²) in [5.41, 5.74) is 4.79. The molecule has 1 aromatic heterocycles. The molecule has 24 heavy (non-hydrogen) atoms. The van der Waals surface area contributed by atoms with Gasteiger partial charge in [0.1, 0.15) is 11.6 Å². The largest absolute Gasteiger partial charge is 0.369 e. The maximum absolute atomic E-state index is 14.0. The van der Waals surface area contributed by atoms with Gasteiger partial charge in [0.05, 0.1) is 11.4 Å². The normalized spacial score (nSPS) is 13.0. The highest BCUT2D eigenvalue weighted by atomic mass is 35.5. The molecule has 0 unspecified atom stereocenters. The molecular weight excluding hydrogens is 325 g/mol. The zero-order valence-corrected chi connectivity index (χ0v) is 14.1. The maximum atomic E-state index is 14.0. The highest BCUT2D eigenvalue weighted by Crippen LogP contribution is 2.32. The molecular formula is C19H17ClFN3. The van der Waals surface area contributed by atoms with E-state index in [-0.39, 0.29) is 5.82 Å². The number of aryl methyl sites for hydroxylation is 1. The SMILES string of the molecule is Cc1ccc(Cl)cc1-n1nc(Cc2ccccc2F)c2c1NCC2. The summed E-state index contributed by atoms with van der Waals surface area (Å²) >= 11 is 6.16. The molecule has 5 heteroatoms. The molecule has 1 aliphatic rings. The molecule has 0 spiro atoms. The molecule has 3 aromatic rings. The quantitative estimate of drug-likeness (QED) is 0.758. The van der Waals surface area contributed by atoms with Gasteiger partial charge in [0.25, 0.3) is 0 Å². The first-order valence-corrected chi connectivity index (χ1v) is 8.36. The van der Waals surface area contributed by atoms with E-state index < -0.39 is 0 Å². The Balaban J connectivity index is 1.81. The van der Waals surface area contributed by atoms with Crippen LogP contribution >= 0.6 is 11.6 Å². The third-order valence-electron chi connectivity index (χ3n) is 4.45. The Kier molecular flexibility index (Phi) is 3.77. The van der Waals surface area contributed by atoms with Gasteiger partial charge in [-0.1, -0.05) is 35.9 Å². The number of fused-ring (bicyclic) bond motifs is 1. The molecule has 0 saturated carbocycles. The van der Waals surface area contributed by atoms with Crippen molar-refractivity contribution in [3.63, 3.8) is 0 Å². The van der Waals surface area contributed by atoms with Crippen LogP contribution in [0.4, 0.5) is 10.2 Å². The minimum atomic E-state index is -0.189. The van der Waals surface area contributed by atoms with Gasteiger partial charge >= 0.3 is 0 Å². The minimum absolute atomic E-state index is 0.189. The number of nitrogens with one attached hydrogen (secondary N) is 1. The molecule has 0 bridgehead atoms. The first kappa shape index (κ1) is 15.2. The lowest BCUT2D eigenvalue weighted by Crippen LogP contribution is -2.06. The van der Waals surface area contributed by atoms with Crippen molar-refractivity contribution in [2.75, 3.05) is 11.9 Å². The van der Waals surface area contributed by atoms with Crippen LogP contribution in [0.1, 0.15) is 22.4 Å². The van der Waals surface area contributed by atoms with Crippen LogP contribution in [-0.4, -0.2) is 16.3 Å². The molecule has 2 heterocycles. The molecule has 0 saturated heterocycles. The first-order valence-electron chi connectivity index (χ1n) is 7.98. The fraction of sp³-hybridized carbons (Fsp3) is 0.211. The Hall–Kier alpha value is -2.33. The van der Waals surface area contributed by atoms with Crippen molar-refractivity contribution in [2.45, 2.75) is 19.8 Å². The van der Waals surface area contributed by atoms with Gasteiger partial charge in [-0.15, -0.1) is 0 Å². The van der Waals surface area contributed by atoms with Crippen LogP contribution in [-0.2, 0) is 12.8 Å². The second kappa shape index (κ2) is 5.95. The fourth-order valence-corrected chi connectivity index (χ4v) is 3.36. The fourth-order valence-electron chi connectivity index (χ4n) is 3.20. The zero-order chi connectivity index (χ0) is 16.7. The Labute approximate surface area is 145 Å². The highest BCUT2D eigenvalue weighted by molar-refractivity contribution is 6.30. The predicted octanol–water partition coefficient (Wildman–Crippen LogP) is 4.53. The molecule has 2 aromatic carbocycles. The van der Waals surface area contributed by atoms with E-state index in [1.54, 1.807) is 6.07 Å². The van der Waals surface area contributed by atoms with Gasteiger partial charge in [0.15, 0.2) is 0 Å². The van der Waals surface area contributed by atoms with Crippen molar-refractivity contribution < 1.29 is 4.39 Å². The Morgan fingerprint density at radius 2 is 2.08 bits per heavy atom. The molecule has 122 valence electrons. The Morgan fingerprint density at radius 1 is 1.25 bits per heavy atom. The second-order valence-corrected chi connectivity index (χ2v) is 6.50. The van der Waals surface area contributed by atoms with E-state index in [1.807, 2.05) is 41.9 Å². The topological polar surface area (TPSA) is 29.9 Å². The van der Waals surface area contributed by atoms with E-state index in [0.29, 0.717) is 17.0 Å². The lowest BCUT2D eigenvalue weighted by Gasteiger charge is -2.10. The molecule has 0 radical (unpaired) electrons. The lowest BCUT2D eigenvalue weighted by atomic mass is 10.1. The van der Waals surface area contributed by atoms with Crippen LogP contribution in [0, 0.1) is 12.7 Å². The van der Waals surface area contributed by atoms with Crippen LogP contribution in [0.5, 0.6) is 0 Å². The maximum Gasteiger partial charge on any atom is 0.133 e. The molecule has 0 aliphatic carbocycles. The summed E-state index contributed by atoms with van der Waals surface area (Å²) in [5.74, 6) is 0.803.